The Morgan fingerprint density at radius 2 is 1.89 bits per heavy atom. The first-order valence-corrected chi connectivity index (χ1v) is 17.6. The summed E-state index contributed by atoms with van der Waals surface area (Å²) in [5.41, 5.74) is 2.80. The first-order chi connectivity index (χ1) is 21.5. The predicted octanol–water partition coefficient (Wildman–Crippen LogP) is 6.97. The number of nitrogens with zero attached hydrogens (tertiary/aromatic N) is 1. The second kappa shape index (κ2) is 12.5. The summed E-state index contributed by atoms with van der Waals surface area (Å²) in [4.78, 5) is 18.4. The minimum Gasteiger partial charge on any atom is -0.385 e. The molecule has 4 fully saturated rings. The van der Waals surface area contributed by atoms with Crippen LogP contribution in [0.15, 0.2) is 47.1 Å². The van der Waals surface area contributed by atoms with Gasteiger partial charge in [-0.05, 0) is 111 Å². The largest absolute Gasteiger partial charge is 0.385 e. The van der Waals surface area contributed by atoms with Crippen molar-refractivity contribution in [2.24, 2.45) is 39.7 Å². The topological polar surface area (TPSA) is 80.2 Å². The van der Waals surface area contributed by atoms with Crippen LogP contribution in [0.4, 0.5) is 0 Å². The van der Waals surface area contributed by atoms with Gasteiger partial charge < -0.3 is 20.0 Å². The number of amides is 1. The predicted molar refractivity (Wildman–Crippen MR) is 178 cm³/mol. The number of oxime groups is 1. The lowest BCUT2D eigenvalue weighted by molar-refractivity contribution is -0.125. The summed E-state index contributed by atoms with van der Waals surface area (Å²) in [6.07, 6.45) is 19.2. The summed E-state index contributed by atoms with van der Waals surface area (Å²) in [6, 6.07) is 10.7. The molecule has 3 saturated carbocycles. The normalized spacial score (nSPS) is 40.1. The molecule has 1 aromatic carbocycles. The molecule has 1 amide bonds. The number of rotatable bonds is 8. The van der Waals surface area contributed by atoms with E-state index < -0.39 is 5.60 Å². The van der Waals surface area contributed by atoms with Gasteiger partial charge in [0, 0.05) is 24.0 Å². The van der Waals surface area contributed by atoms with Crippen LogP contribution in [0.2, 0.25) is 0 Å². The van der Waals surface area contributed by atoms with Crippen molar-refractivity contribution in [1.82, 2.24) is 5.32 Å². The fourth-order valence-corrected chi connectivity index (χ4v) is 10.4. The van der Waals surface area contributed by atoms with Gasteiger partial charge in [0.05, 0.1) is 11.8 Å². The van der Waals surface area contributed by atoms with Gasteiger partial charge in [-0.15, -0.1) is 6.42 Å². The van der Waals surface area contributed by atoms with Gasteiger partial charge in [-0.1, -0.05) is 74.7 Å². The summed E-state index contributed by atoms with van der Waals surface area (Å²) in [6.45, 7) is 10.4. The van der Waals surface area contributed by atoms with Crippen LogP contribution in [0.3, 0.4) is 0 Å². The molecule has 5 aliphatic rings. The van der Waals surface area contributed by atoms with E-state index in [9.17, 15) is 9.90 Å². The quantitative estimate of drug-likeness (QED) is 0.245. The van der Waals surface area contributed by atoms with Gasteiger partial charge in [0.2, 0.25) is 0 Å². The second-order valence-electron chi connectivity index (χ2n) is 15.7. The van der Waals surface area contributed by atoms with Crippen LogP contribution >= 0.6 is 0 Å². The minimum absolute atomic E-state index is 0.00000715. The van der Waals surface area contributed by atoms with Gasteiger partial charge in [0.15, 0.2) is 6.61 Å². The average Bonchev–Trinajstić information content (AvgIpc) is 3.32. The highest BCUT2D eigenvalue weighted by atomic mass is 16.6. The van der Waals surface area contributed by atoms with E-state index in [0.29, 0.717) is 30.2 Å². The number of fused-ring (bicyclic) bond motifs is 5. The lowest BCUT2D eigenvalue weighted by Crippen LogP contribution is -2.54. The van der Waals surface area contributed by atoms with Crippen molar-refractivity contribution in [2.75, 3.05) is 19.8 Å². The Labute approximate surface area is 270 Å². The van der Waals surface area contributed by atoms with Crippen molar-refractivity contribution < 1.29 is 19.5 Å². The molecule has 1 aromatic rings. The molecule has 6 nitrogen and oxygen atoms in total. The lowest BCUT2D eigenvalue weighted by atomic mass is 9.46. The van der Waals surface area contributed by atoms with Gasteiger partial charge in [-0.3, -0.25) is 4.79 Å². The van der Waals surface area contributed by atoms with Crippen molar-refractivity contribution in [1.29, 1.82) is 0 Å². The average molecular weight is 615 g/mol. The number of ether oxygens (including phenoxy) is 1. The molecule has 45 heavy (non-hydrogen) atoms. The number of aliphatic hydroxyl groups is 1. The van der Waals surface area contributed by atoms with Crippen molar-refractivity contribution >= 4 is 11.6 Å². The highest BCUT2D eigenvalue weighted by Crippen LogP contribution is 2.67. The van der Waals surface area contributed by atoms with Crippen LogP contribution in [0, 0.1) is 46.8 Å². The first kappa shape index (κ1) is 32.3. The van der Waals surface area contributed by atoms with E-state index >= 15 is 0 Å². The maximum absolute atomic E-state index is 12.8. The molecule has 6 heteroatoms. The smallest absolute Gasteiger partial charge is 0.260 e. The van der Waals surface area contributed by atoms with Gasteiger partial charge in [-0.25, -0.2) is 0 Å². The number of carbonyl (C=O) groups excluding carboxylic acids is 1. The Morgan fingerprint density at radius 1 is 1.11 bits per heavy atom. The number of benzene rings is 1. The van der Waals surface area contributed by atoms with E-state index in [1.165, 1.54) is 11.1 Å². The molecule has 1 saturated heterocycles. The molecule has 0 aromatic heterocycles. The Hall–Kier alpha value is -2.62. The molecule has 6 rings (SSSR count). The minimum atomic E-state index is -0.958. The molecular weight excluding hydrogens is 560 g/mol. The Bertz CT molecular complexity index is 1350. The first-order valence-electron chi connectivity index (χ1n) is 17.6. The summed E-state index contributed by atoms with van der Waals surface area (Å²) in [7, 11) is 0. The number of hydrogen-bond donors (Lipinski definition) is 2. The third-order valence-electron chi connectivity index (χ3n) is 13.3. The maximum atomic E-state index is 12.8. The zero-order valence-corrected chi connectivity index (χ0v) is 27.9. The molecule has 1 heterocycles. The van der Waals surface area contributed by atoms with Crippen molar-refractivity contribution in [3.05, 3.63) is 47.5 Å². The molecule has 244 valence electrons. The van der Waals surface area contributed by atoms with Gasteiger partial charge in [-0.2, -0.15) is 0 Å². The van der Waals surface area contributed by atoms with Crippen LogP contribution in [-0.2, 0) is 19.8 Å². The fraction of sp³-hybridized carbons (Fsp3) is 0.692. The Morgan fingerprint density at radius 3 is 2.64 bits per heavy atom. The van der Waals surface area contributed by atoms with E-state index in [-0.39, 0.29) is 34.9 Å². The third kappa shape index (κ3) is 5.78. The van der Waals surface area contributed by atoms with E-state index in [4.69, 9.17) is 16.0 Å². The molecular formula is C39H54N2O4. The third-order valence-corrected chi connectivity index (χ3v) is 13.3. The van der Waals surface area contributed by atoms with Gasteiger partial charge >= 0.3 is 0 Å². The highest BCUT2D eigenvalue weighted by molar-refractivity contribution is 5.96. The number of allylic oxidation sites excluding steroid dienone is 2. The second-order valence-corrected chi connectivity index (χ2v) is 15.7. The molecule has 0 bridgehead atoms. The highest BCUT2D eigenvalue weighted by Gasteiger charge is 2.63. The molecule has 8 atom stereocenters. The SMILES string of the molecule is C#C[C@]1(O)CC[C@@H]2[C@@H]3CCC4=C/C(=N\OCC(=O)NCC[C@]5(c6ccccc6)CCO[C@@H](C(C)C)C5)CC[C@]4(C)[C@@H]3CC[C@@]21C. The van der Waals surface area contributed by atoms with E-state index in [2.05, 4.69) is 80.5 Å². The molecule has 0 radical (unpaired) electrons. The molecule has 1 aliphatic heterocycles. The summed E-state index contributed by atoms with van der Waals surface area (Å²) in [5.74, 6) is 4.86. The maximum Gasteiger partial charge on any atom is 0.260 e. The van der Waals surface area contributed by atoms with Crippen molar-refractivity contribution in [3.8, 4) is 12.3 Å². The van der Waals surface area contributed by atoms with Crippen molar-refractivity contribution in [3.63, 3.8) is 0 Å². The number of carbonyl (C=O) groups is 1. The summed E-state index contributed by atoms with van der Waals surface area (Å²) in [5, 5.41) is 18.8. The van der Waals surface area contributed by atoms with Crippen LogP contribution in [0.1, 0.15) is 104 Å². The Kier molecular flexibility index (Phi) is 9.00. The zero-order valence-electron chi connectivity index (χ0n) is 27.9. The van der Waals surface area contributed by atoms with Crippen LogP contribution in [-0.4, -0.2) is 48.2 Å². The molecule has 0 spiro atoms. The zero-order chi connectivity index (χ0) is 31.9. The van der Waals surface area contributed by atoms with Gasteiger partial charge in [0.25, 0.3) is 5.91 Å². The van der Waals surface area contributed by atoms with Crippen LogP contribution < -0.4 is 5.32 Å². The van der Waals surface area contributed by atoms with Gasteiger partial charge in [0.1, 0.15) is 5.60 Å². The van der Waals surface area contributed by atoms with E-state index in [0.717, 1.165) is 82.9 Å². The molecule has 0 unspecified atom stereocenters. The van der Waals surface area contributed by atoms with Crippen LogP contribution in [0.25, 0.3) is 0 Å². The van der Waals surface area contributed by atoms with Crippen molar-refractivity contribution in [2.45, 2.75) is 115 Å². The molecule has 4 aliphatic carbocycles. The number of hydrogen-bond acceptors (Lipinski definition) is 5. The standard InChI is InChI=1S/C39H54N2O4/c1-6-39(43)19-16-33-31-13-12-29-24-30(14-17-36(29,4)32(31)15-18-37(33,39)5)41-45-26-35(42)40-22-20-38(28-10-8-7-9-11-28)21-23-44-34(25-38)27(2)3/h1,7-11,24,27,31-34,43H,12-23,25-26H2,2-5H3,(H,40,42)/b41-30-/t31-,32-,33-,34-,36+,37+,38+,39+/m1/s1. The van der Waals surface area contributed by atoms with E-state index in [1.54, 1.807) is 0 Å². The molecule has 2 N–H and O–H groups in total. The summed E-state index contributed by atoms with van der Waals surface area (Å²) < 4.78 is 6.11. The number of nitrogens with one attached hydrogen (secondary N) is 1. The summed E-state index contributed by atoms with van der Waals surface area (Å²) >= 11 is 0. The monoisotopic (exact) mass is 614 g/mol. The number of terminal acetylenes is 1. The Balaban J connectivity index is 1.03. The fourth-order valence-electron chi connectivity index (χ4n) is 10.4. The van der Waals surface area contributed by atoms with Crippen LogP contribution in [0.5, 0.6) is 0 Å². The lowest BCUT2D eigenvalue weighted by Gasteiger charge is -2.58. The van der Waals surface area contributed by atoms with E-state index in [1.807, 2.05) is 0 Å².